The number of hydrogen-bond acceptors (Lipinski definition) is 2. The van der Waals surface area contributed by atoms with Gasteiger partial charge in [-0.25, -0.2) is 0 Å². The number of nitrogens with two attached hydrogens (primary N) is 1. The Labute approximate surface area is 115 Å². The summed E-state index contributed by atoms with van der Waals surface area (Å²) < 4.78 is 13.0. The van der Waals surface area contributed by atoms with Crippen LogP contribution < -0.4 is 5.73 Å². The normalized spacial score (nSPS) is 13.6. The molecule has 0 amide bonds. The molecule has 0 saturated heterocycles. The number of hydrogen-bond donors (Lipinski definition) is 1. The predicted octanol–water partition coefficient (Wildman–Crippen LogP) is 3.32. The predicted molar refractivity (Wildman–Crippen MR) is 77.5 cm³/mol. The van der Waals surface area contributed by atoms with Crippen LogP contribution in [0.15, 0.2) is 33.6 Å². The van der Waals surface area contributed by atoms with Crippen LogP contribution >= 0.6 is 15.9 Å². The molecule has 4 heteroatoms. The van der Waals surface area contributed by atoms with Crippen LogP contribution in [0.3, 0.4) is 0 Å². The van der Waals surface area contributed by atoms with Crippen molar-refractivity contribution < 1.29 is 4.21 Å². The lowest BCUT2D eigenvalue weighted by molar-refractivity contribution is 0.344. The molecule has 2 nitrogen and oxygen atoms in total. The molecular weight excluding hydrogens is 298 g/mol. The fourth-order valence-corrected chi connectivity index (χ4v) is 3.19. The molecule has 1 aromatic carbocycles. The van der Waals surface area contributed by atoms with E-state index in [1.54, 1.807) is 0 Å². The molecule has 0 saturated carbocycles. The third-order valence-corrected chi connectivity index (χ3v) is 4.73. The first kappa shape index (κ1) is 14.9. The largest absolute Gasteiger partial charge is 0.330 e. The minimum absolute atomic E-state index is 0.154. The molecule has 2 N–H and O–H groups in total. The van der Waals surface area contributed by atoms with Gasteiger partial charge in [0.1, 0.15) is 0 Å². The van der Waals surface area contributed by atoms with Crippen molar-refractivity contribution in [3.63, 3.8) is 0 Å². The van der Waals surface area contributed by atoms with Crippen LogP contribution in [-0.2, 0) is 10.8 Å². The van der Waals surface area contributed by atoms with Gasteiger partial charge in [0, 0.05) is 15.1 Å². The molecule has 1 rings (SSSR count). The van der Waals surface area contributed by atoms with Gasteiger partial charge in [-0.2, -0.15) is 0 Å². The molecule has 1 aromatic rings. The van der Waals surface area contributed by atoms with Crippen LogP contribution in [0.5, 0.6) is 0 Å². The van der Waals surface area contributed by atoms with E-state index in [-0.39, 0.29) is 5.41 Å². The second kappa shape index (κ2) is 6.66. The van der Waals surface area contributed by atoms with Crippen LogP contribution in [0.4, 0.5) is 0 Å². The zero-order chi connectivity index (χ0) is 12.9. The first-order valence-corrected chi connectivity index (χ1v) is 7.90. The Bertz CT molecular complexity index is 393. The summed E-state index contributed by atoms with van der Waals surface area (Å²) in [5.74, 6) is 0.708. The van der Waals surface area contributed by atoms with E-state index in [4.69, 9.17) is 5.73 Å². The lowest BCUT2D eigenvalue weighted by Crippen LogP contribution is -2.23. The monoisotopic (exact) mass is 317 g/mol. The van der Waals surface area contributed by atoms with E-state index in [1.807, 2.05) is 24.3 Å². The summed E-state index contributed by atoms with van der Waals surface area (Å²) in [5, 5.41) is 0. The molecule has 0 radical (unpaired) electrons. The van der Waals surface area contributed by atoms with Crippen molar-refractivity contribution in [1.82, 2.24) is 0 Å². The van der Waals surface area contributed by atoms with E-state index in [2.05, 4.69) is 29.8 Å². The molecule has 0 spiro atoms. The maximum Gasteiger partial charge on any atom is 0.0529 e. The van der Waals surface area contributed by atoms with Crippen LogP contribution in [0.2, 0.25) is 0 Å². The van der Waals surface area contributed by atoms with Crippen molar-refractivity contribution in [3.8, 4) is 0 Å². The molecular formula is C13H20BrNOS. The Balaban J connectivity index is 2.46. The first-order valence-electron chi connectivity index (χ1n) is 5.79. The Morgan fingerprint density at radius 1 is 1.41 bits per heavy atom. The Kier molecular flexibility index (Phi) is 5.83. The van der Waals surface area contributed by atoms with Gasteiger partial charge in [-0.15, -0.1) is 0 Å². The van der Waals surface area contributed by atoms with Gasteiger partial charge in [0.2, 0.25) is 0 Å². The van der Waals surface area contributed by atoms with Gasteiger partial charge in [-0.05, 0) is 43.0 Å². The summed E-state index contributed by atoms with van der Waals surface area (Å²) in [5.41, 5.74) is 5.83. The summed E-state index contributed by atoms with van der Waals surface area (Å²) in [6, 6.07) is 7.69. The Morgan fingerprint density at radius 2 is 2.12 bits per heavy atom. The van der Waals surface area contributed by atoms with E-state index < -0.39 is 10.8 Å². The highest BCUT2D eigenvalue weighted by Crippen LogP contribution is 2.21. The van der Waals surface area contributed by atoms with Crippen molar-refractivity contribution in [2.24, 2.45) is 11.1 Å². The highest BCUT2D eigenvalue weighted by atomic mass is 79.9. The smallest absolute Gasteiger partial charge is 0.0529 e. The molecule has 1 unspecified atom stereocenters. The average molecular weight is 318 g/mol. The van der Waals surface area contributed by atoms with Crippen LogP contribution in [0, 0.1) is 5.41 Å². The topological polar surface area (TPSA) is 43.1 Å². The average Bonchev–Trinajstić information content (AvgIpc) is 2.28. The van der Waals surface area contributed by atoms with Gasteiger partial charge in [0.25, 0.3) is 0 Å². The highest BCUT2D eigenvalue weighted by molar-refractivity contribution is 9.10. The third-order valence-electron chi connectivity index (χ3n) is 2.79. The van der Waals surface area contributed by atoms with Crippen molar-refractivity contribution >= 4 is 26.7 Å². The summed E-state index contributed by atoms with van der Waals surface area (Å²) >= 11 is 3.39. The van der Waals surface area contributed by atoms with Gasteiger partial charge < -0.3 is 5.73 Å². The number of benzene rings is 1. The van der Waals surface area contributed by atoms with Crippen LogP contribution in [0.1, 0.15) is 26.7 Å². The molecule has 0 heterocycles. The summed E-state index contributed by atoms with van der Waals surface area (Å²) in [6.45, 7) is 4.97. The van der Waals surface area contributed by atoms with E-state index in [9.17, 15) is 4.21 Å². The summed E-state index contributed by atoms with van der Waals surface area (Å²) in [7, 11) is -0.901. The fourth-order valence-electron chi connectivity index (χ4n) is 1.51. The quantitative estimate of drug-likeness (QED) is 0.874. The zero-order valence-electron chi connectivity index (χ0n) is 10.4. The van der Waals surface area contributed by atoms with Crippen LogP contribution in [0.25, 0.3) is 0 Å². The number of halogens is 1. The van der Waals surface area contributed by atoms with Gasteiger partial charge in [-0.3, -0.25) is 4.21 Å². The molecule has 1 atom stereocenters. The van der Waals surface area contributed by atoms with Crippen molar-refractivity contribution in [2.75, 3.05) is 12.3 Å². The van der Waals surface area contributed by atoms with Gasteiger partial charge in [0.15, 0.2) is 0 Å². The molecule has 96 valence electrons. The molecule has 0 aliphatic heterocycles. The van der Waals surface area contributed by atoms with Gasteiger partial charge in [0.05, 0.1) is 10.8 Å². The maximum atomic E-state index is 12.0. The molecule has 0 aliphatic carbocycles. The Morgan fingerprint density at radius 3 is 2.71 bits per heavy atom. The van der Waals surface area contributed by atoms with E-state index in [0.717, 1.165) is 22.2 Å². The summed E-state index contributed by atoms with van der Waals surface area (Å²) in [4.78, 5) is 0.893. The fraction of sp³-hybridized carbons (Fsp3) is 0.538. The molecule has 0 fully saturated rings. The van der Waals surface area contributed by atoms with E-state index >= 15 is 0 Å². The van der Waals surface area contributed by atoms with E-state index in [1.165, 1.54) is 0 Å². The molecule has 0 aliphatic rings. The SMILES string of the molecule is CC(C)(CN)CCCS(=O)c1cccc(Br)c1. The molecule has 17 heavy (non-hydrogen) atoms. The van der Waals surface area contributed by atoms with Crippen molar-refractivity contribution in [3.05, 3.63) is 28.7 Å². The minimum atomic E-state index is -0.901. The lowest BCUT2D eigenvalue weighted by atomic mass is 9.88. The third kappa shape index (κ3) is 5.32. The lowest BCUT2D eigenvalue weighted by Gasteiger charge is -2.21. The van der Waals surface area contributed by atoms with Crippen molar-refractivity contribution in [1.29, 1.82) is 0 Å². The summed E-state index contributed by atoms with van der Waals surface area (Å²) in [6.07, 6.45) is 1.96. The highest BCUT2D eigenvalue weighted by Gasteiger charge is 2.15. The van der Waals surface area contributed by atoms with Crippen molar-refractivity contribution in [2.45, 2.75) is 31.6 Å². The number of rotatable bonds is 6. The van der Waals surface area contributed by atoms with Crippen LogP contribution in [-0.4, -0.2) is 16.5 Å². The second-order valence-electron chi connectivity index (χ2n) is 4.98. The zero-order valence-corrected chi connectivity index (χ0v) is 12.8. The molecule has 0 aromatic heterocycles. The maximum absolute atomic E-state index is 12.0. The minimum Gasteiger partial charge on any atom is -0.330 e. The first-order chi connectivity index (χ1) is 7.94. The standard InChI is InChI=1S/C13H20BrNOS/c1-13(2,10-15)7-4-8-17(16)12-6-3-5-11(14)9-12/h3,5-6,9H,4,7-8,10,15H2,1-2H3. The Hall–Kier alpha value is -0.190. The molecule has 0 bridgehead atoms. The van der Waals surface area contributed by atoms with Gasteiger partial charge >= 0.3 is 0 Å². The van der Waals surface area contributed by atoms with E-state index in [0.29, 0.717) is 12.3 Å². The second-order valence-corrected chi connectivity index (χ2v) is 7.47. The van der Waals surface area contributed by atoms with Gasteiger partial charge in [-0.1, -0.05) is 35.8 Å².